The molecular formula is C54H63N3O9. The van der Waals surface area contributed by atoms with Crippen LogP contribution in [-0.2, 0) is 40.1 Å². The normalized spacial score (nSPS) is 15.5. The molecule has 0 radical (unpaired) electrons. The zero-order chi connectivity index (χ0) is 47.5. The van der Waals surface area contributed by atoms with Crippen LogP contribution >= 0.6 is 0 Å². The van der Waals surface area contributed by atoms with Crippen LogP contribution in [0.4, 0.5) is 0 Å². The lowest BCUT2D eigenvalue weighted by molar-refractivity contribution is -0.204. The van der Waals surface area contributed by atoms with Crippen LogP contribution in [0.15, 0.2) is 108 Å². The monoisotopic (exact) mass is 897 g/mol. The molecule has 1 amide bonds. The van der Waals surface area contributed by atoms with Gasteiger partial charge < -0.3 is 28.5 Å². The lowest BCUT2D eigenvalue weighted by Crippen LogP contribution is -2.36. The molecule has 3 unspecified atom stereocenters. The fraction of sp³-hybridized carbons (Fsp3) is 0.389. The zero-order valence-corrected chi connectivity index (χ0v) is 39.7. The number of ketones is 1. The number of aromatic nitrogens is 1. The summed E-state index contributed by atoms with van der Waals surface area (Å²) >= 11 is 0. The number of carbonyl (C=O) groups is 4. The largest absolute Gasteiger partial charge is 0.491 e. The smallest absolute Gasteiger partial charge is 0.331 e. The molecule has 0 spiro atoms. The molecule has 1 fully saturated rings. The molecule has 348 valence electrons. The molecule has 0 N–H and O–H groups in total. The SMILES string of the molecule is CC.CCCCC(CC)Cn1c2ccc(/C(CC(c3ccccc3)N(OC(C)=O)C(C)=O)=N\OC(C)=O)cc2c2cc(C(=O)c3ccc(OCC4COC(C)(C)O4)cc3)c3ccccc3c21. The molecule has 2 heterocycles. The number of hydrogen-bond donors (Lipinski definition) is 0. The summed E-state index contributed by atoms with van der Waals surface area (Å²) in [5, 5.41) is 8.93. The van der Waals surface area contributed by atoms with Crippen molar-refractivity contribution in [3.63, 3.8) is 0 Å². The average Bonchev–Trinajstić information content (AvgIpc) is 3.84. The lowest BCUT2D eigenvalue weighted by Gasteiger charge is -2.29. The highest BCUT2D eigenvalue weighted by molar-refractivity contribution is 6.26. The first kappa shape index (κ1) is 49.1. The van der Waals surface area contributed by atoms with E-state index in [2.05, 4.69) is 29.6 Å². The van der Waals surface area contributed by atoms with Crippen LogP contribution < -0.4 is 4.74 Å². The van der Waals surface area contributed by atoms with Gasteiger partial charge in [-0.3, -0.25) is 14.4 Å². The number of ether oxygens (including phenoxy) is 3. The second kappa shape index (κ2) is 22.2. The summed E-state index contributed by atoms with van der Waals surface area (Å²) in [6.07, 6.45) is 4.13. The van der Waals surface area contributed by atoms with Gasteiger partial charge >= 0.3 is 11.9 Å². The summed E-state index contributed by atoms with van der Waals surface area (Å²) in [6.45, 7) is 17.5. The number of rotatable bonds is 17. The standard InChI is InChI=1S/C52H57N3O9.C2H6/c1-8-10-16-36(9-2)30-54-48-26-23-39(47(53-63-34(4)57)29-49(37-17-12-11-13-18-37)55(33(3)56)64-35(5)58)27-44(48)45-28-46(42-19-14-15-20-43(42)50(45)54)51(59)38-21-24-40(25-22-38)60-31-41-32-61-52(6,7)62-41;1-2/h11-15,17-28,36,41,49H,8-10,16,29-32H2,1-7H3;1-2H3/b53-47-;. The molecular weight excluding hydrogens is 835 g/mol. The van der Waals surface area contributed by atoms with E-state index >= 15 is 0 Å². The molecule has 1 aromatic heterocycles. The highest BCUT2D eigenvalue weighted by atomic mass is 16.7. The Kier molecular flexibility index (Phi) is 16.5. The van der Waals surface area contributed by atoms with Crippen LogP contribution in [0.25, 0.3) is 32.6 Å². The van der Waals surface area contributed by atoms with Crippen molar-refractivity contribution in [2.45, 2.75) is 119 Å². The Bertz CT molecular complexity index is 2690. The number of fused-ring (bicyclic) bond motifs is 5. The number of benzene rings is 5. The minimum Gasteiger partial charge on any atom is -0.491 e. The zero-order valence-electron chi connectivity index (χ0n) is 39.7. The Labute approximate surface area is 387 Å². The molecule has 0 aliphatic carbocycles. The molecule has 7 rings (SSSR count). The molecule has 1 saturated heterocycles. The van der Waals surface area contributed by atoms with E-state index in [-0.39, 0.29) is 18.3 Å². The van der Waals surface area contributed by atoms with E-state index < -0.39 is 29.7 Å². The molecule has 0 bridgehead atoms. The van der Waals surface area contributed by atoms with Gasteiger partial charge in [0, 0.05) is 72.1 Å². The van der Waals surface area contributed by atoms with E-state index in [1.807, 2.05) is 100 Å². The molecule has 66 heavy (non-hydrogen) atoms. The molecule has 1 aliphatic rings. The molecule has 3 atom stereocenters. The fourth-order valence-electron chi connectivity index (χ4n) is 8.60. The highest BCUT2D eigenvalue weighted by Crippen LogP contribution is 2.39. The Morgan fingerprint density at radius 2 is 1.50 bits per heavy atom. The van der Waals surface area contributed by atoms with Gasteiger partial charge in [-0.2, -0.15) is 5.06 Å². The van der Waals surface area contributed by atoms with Gasteiger partial charge in [0.25, 0.3) is 5.91 Å². The maximum atomic E-state index is 14.7. The van der Waals surface area contributed by atoms with Crippen LogP contribution in [0, 0.1) is 5.92 Å². The fourth-order valence-corrected chi connectivity index (χ4v) is 8.60. The molecule has 5 aromatic carbocycles. The predicted octanol–water partition coefficient (Wildman–Crippen LogP) is 11.7. The summed E-state index contributed by atoms with van der Waals surface area (Å²) in [5.41, 5.74) is 4.69. The van der Waals surface area contributed by atoms with Crippen LogP contribution in [0.2, 0.25) is 0 Å². The third kappa shape index (κ3) is 11.5. The second-order valence-corrected chi connectivity index (χ2v) is 16.9. The van der Waals surface area contributed by atoms with E-state index in [0.717, 1.165) is 69.9 Å². The summed E-state index contributed by atoms with van der Waals surface area (Å²) in [5.74, 6) is -1.54. The van der Waals surface area contributed by atoms with E-state index in [9.17, 15) is 19.2 Å². The first-order valence-electron chi connectivity index (χ1n) is 23.1. The van der Waals surface area contributed by atoms with E-state index in [1.54, 1.807) is 24.3 Å². The minimum absolute atomic E-state index is 0.0229. The average molecular weight is 898 g/mol. The molecule has 0 saturated carbocycles. The van der Waals surface area contributed by atoms with Crippen molar-refractivity contribution in [2.75, 3.05) is 13.2 Å². The number of amides is 1. The van der Waals surface area contributed by atoms with Crippen molar-refractivity contribution >= 4 is 61.9 Å². The number of hydrogen-bond acceptors (Lipinski definition) is 10. The Hall–Kier alpha value is -6.37. The molecule has 6 aromatic rings. The van der Waals surface area contributed by atoms with Crippen molar-refractivity contribution in [2.24, 2.45) is 11.1 Å². The summed E-state index contributed by atoms with van der Waals surface area (Å²) < 4.78 is 20.0. The van der Waals surface area contributed by atoms with E-state index in [1.165, 1.54) is 20.8 Å². The number of hydroxylamine groups is 2. The highest BCUT2D eigenvalue weighted by Gasteiger charge is 2.33. The lowest BCUT2D eigenvalue weighted by atomic mass is 9.93. The maximum Gasteiger partial charge on any atom is 0.331 e. The van der Waals surface area contributed by atoms with E-state index in [0.29, 0.717) is 52.8 Å². The summed E-state index contributed by atoms with van der Waals surface area (Å²) in [7, 11) is 0. The first-order valence-corrected chi connectivity index (χ1v) is 23.1. The Morgan fingerprint density at radius 3 is 2.12 bits per heavy atom. The molecule has 12 nitrogen and oxygen atoms in total. The van der Waals surface area contributed by atoms with Gasteiger partial charge in [0.1, 0.15) is 24.5 Å². The van der Waals surface area contributed by atoms with Gasteiger partial charge in [0.2, 0.25) is 0 Å². The number of nitrogens with zero attached hydrogens (tertiary/aromatic N) is 3. The quantitative estimate of drug-likeness (QED) is 0.0379. The van der Waals surface area contributed by atoms with Crippen molar-refractivity contribution in [1.82, 2.24) is 9.63 Å². The van der Waals surface area contributed by atoms with Crippen LogP contribution in [0.3, 0.4) is 0 Å². The number of carbonyl (C=O) groups excluding carboxylic acids is 4. The Balaban J connectivity index is 0.00000355. The van der Waals surface area contributed by atoms with Gasteiger partial charge in [-0.15, -0.1) is 0 Å². The molecule has 1 aliphatic heterocycles. The van der Waals surface area contributed by atoms with Crippen LogP contribution in [0.1, 0.15) is 128 Å². The summed E-state index contributed by atoms with van der Waals surface area (Å²) in [6, 6.07) is 31.6. The summed E-state index contributed by atoms with van der Waals surface area (Å²) in [4.78, 5) is 63.1. The third-order valence-corrected chi connectivity index (χ3v) is 11.7. The van der Waals surface area contributed by atoms with E-state index in [4.69, 9.17) is 23.9 Å². The van der Waals surface area contributed by atoms with Gasteiger partial charge in [-0.25, -0.2) is 4.79 Å². The van der Waals surface area contributed by atoms with Crippen molar-refractivity contribution in [3.05, 3.63) is 125 Å². The second-order valence-electron chi connectivity index (χ2n) is 16.9. The minimum atomic E-state index is -0.819. The first-order chi connectivity index (χ1) is 31.8. The topological polar surface area (TPSA) is 135 Å². The predicted molar refractivity (Wildman–Crippen MR) is 258 cm³/mol. The van der Waals surface area contributed by atoms with Crippen molar-refractivity contribution in [1.29, 1.82) is 0 Å². The van der Waals surface area contributed by atoms with Gasteiger partial charge in [0.05, 0.1) is 17.8 Å². The van der Waals surface area contributed by atoms with Gasteiger partial charge in [0.15, 0.2) is 11.6 Å². The maximum absolute atomic E-state index is 14.7. The third-order valence-electron chi connectivity index (χ3n) is 11.7. The molecule has 12 heteroatoms. The number of oxime groups is 1. The Morgan fingerprint density at radius 1 is 0.818 bits per heavy atom. The van der Waals surface area contributed by atoms with Crippen molar-refractivity contribution < 1.29 is 43.1 Å². The number of unbranched alkanes of at least 4 members (excludes halogenated alkanes) is 1. The van der Waals surface area contributed by atoms with Crippen LogP contribution in [0.5, 0.6) is 5.75 Å². The van der Waals surface area contributed by atoms with Crippen molar-refractivity contribution in [3.8, 4) is 5.75 Å². The van der Waals surface area contributed by atoms with Crippen LogP contribution in [-0.4, -0.2) is 64.1 Å². The van der Waals surface area contributed by atoms with Gasteiger partial charge in [-0.05, 0) is 79.6 Å². The van der Waals surface area contributed by atoms with Gasteiger partial charge in [-0.1, -0.05) is 113 Å².